The highest BCUT2D eigenvalue weighted by Crippen LogP contribution is 2.32. The zero-order valence-electron chi connectivity index (χ0n) is 17.7. The third kappa shape index (κ3) is 4.25. The molecule has 2 aliphatic rings. The van der Waals surface area contributed by atoms with E-state index in [1.165, 1.54) is 12.0 Å². The molecule has 0 atom stereocenters. The monoisotopic (exact) mass is 404 g/mol. The first kappa shape index (κ1) is 20.2. The molecule has 2 aromatic rings. The number of methoxy groups -OCH3 is 1. The summed E-state index contributed by atoms with van der Waals surface area (Å²) in [7, 11) is 1.64. The average molecular weight is 405 g/mol. The van der Waals surface area contributed by atoms with Crippen LogP contribution in [0.3, 0.4) is 0 Å². The van der Waals surface area contributed by atoms with E-state index in [1.54, 1.807) is 37.5 Å². The third-order valence-corrected chi connectivity index (χ3v) is 5.86. The SMILES string of the molecule is COc1ccc2c(c1)C(=CC(=O)c1ccc(C(=O)NC3CCC3)cc1)NC(C)(C)C2. The fraction of sp³-hybridized carbons (Fsp3) is 0.360. The van der Waals surface area contributed by atoms with Crippen LogP contribution in [0.4, 0.5) is 0 Å². The quantitative estimate of drug-likeness (QED) is 0.581. The van der Waals surface area contributed by atoms with Crippen LogP contribution >= 0.6 is 0 Å². The number of hydrogen-bond donors (Lipinski definition) is 2. The van der Waals surface area contributed by atoms with Crippen LogP contribution in [0.1, 0.15) is 65.0 Å². The number of rotatable bonds is 5. The van der Waals surface area contributed by atoms with Crippen molar-refractivity contribution in [3.05, 3.63) is 70.8 Å². The Kier molecular flexibility index (Phi) is 5.37. The van der Waals surface area contributed by atoms with Gasteiger partial charge in [0.05, 0.1) is 7.11 Å². The standard InChI is InChI=1S/C25H28N2O3/c1-25(2)15-18-11-12-20(30-3)13-21(18)22(27-25)14-23(28)16-7-9-17(10-8-16)24(29)26-19-5-4-6-19/h7-14,19,27H,4-6,15H2,1-3H3,(H,26,29). The van der Waals surface area contributed by atoms with E-state index < -0.39 is 0 Å². The minimum absolute atomic E-state index is 0.0752. The number of ether oxygens (including phenoxy) is 1. The highest BCUT2D eigenvalue weighted by molar-refractivity contribution is 6.09. The predicted octanol–water partition coefficient (Wildman–Crippen LogP) is 4.13. The first-order chi connectivity index (χ1) is 14.3. The fourth-order valence-electron chi connectivity index (χ4n) is 3.98. The van der Waals surface area contributed by atoms with E-state index in [1.807, 2.05) is 12.1 Å². The van der Waals surface area contributed by atoms with Gasteiger partial charge in [0, 0.05) is 40.0 Å². The first-order valence-electron chi connectivity index (χ1n) is 10.5. The Bertz CT molecular complexity index is 1000. The van der Waals surface area contributed by atoms with Gasteiger partial charge in [0.1, 0.15) is 5.75 Å². The zero-order valence-corrected chi connectivity index (χ0v) is 17.7. The number of hydrogen-bond acceptors (Lipinski definition) is 4. The van der Waals surface area contributed by atoms with Crippen molar-refractivity contribution in [1.82, 2.24) is 10.6 Å². The van der Waals surface area contributed by atoms with Crippen LogP contribution in [-0.4, -0.2) is 30.4 Å². The van der Waals surface area contributed by atoms with Gasteiger partial charge in [-0.1, -0.05) is 18.2 Å². The third-order valence-electron chi connectivity index (χ3n) is 5.86. The van der Waals surface area contributed by atoms with E-state index in [0.29, 0.717) is 17.2 Å². The number of amides is 1. The molecule has 1 amide bonds. The van der Waals surface area contributed by atoms with Gasteiger partial charge in [-0.15, -0.1) is 0 Å². The second-order valence-corrected chi connectivity index (χ2v) is 8.81. The lowest BCUT2D eigenvalue weighted by Crippen LogP contribution is -2.43. The Morgan fingerprint density at radius 1 is 1.10 bits per heavy atom. The summed E-state index contributed by atoms with van der Waals surface area (Å²) in [4.78, 5) is 25.2. The van der Waals surface area contributed by atoms with Crippen molar-refractivity contribution in [2.24, 2.45) is 0 Å². The second-order valence-electron chi connectivity index (χ2n) is 8.81. The summed E-state index contributed by atoms with van der Waals surface area (Å²) in [6.07, 6.45) is 5.77. The number of ketones is 1. The molecule has 5 nitrogen and oxygen atoms in total. The van der Waals surface area contributed by atoms with E-state index in [4.69, 9.17) is 4.74 Å². The summed E-state index contributed by atoms with van der Waals surface area (Å²) in [6, 6.07) is 13.1. The lowest BCUT2D eigenvalue weighted by atomic mass is 9.85. The molecule has 5 heteroatoms. The van der Waals surface area contributed by atoms with Gasteiger partial charge in [-0.2, -0.15) is 0 Å². The summed E-state index contributed by atoms with van der Waals surface area (Å²) in [6.45, 7) is 4.24. The molecule has 1 fully saturated rings. The summed E-state index contributed by atoms with van der Waals surface area (Å²) in [5.41, 5.74) is 3.93. The summed E-state index contributed by atoms with van der Waals surface area (Å²) < 4.78 is 5.37. The van der Waals surface area contributed by atoms with E-state index in [-0.39, 0.29) is 17.2 Å². The Hall–Kier alpha value is -3.08. The van der Waals surface area contributed by atoms with Gasteiger partial charge in [-0.05, 0) is 69.4 Å². The zero-order chi connectivity index (χ0) is 21.3. The van der Waals surface area contributed by atoms with Gasteiger partial charge < -0.3 is 15.4 Å². The molecule has 1 saturated carbocycles. The molecule has 4 rings (SSSR count). The molecule has 1 aliphatic heterocycles. The smallest absolute Gasteiger partial charge is 0.251 e. The molecule has 1 heterocycles. The molecule has 0 saturated heterocycles. The van der Waals surface area contributed by atoms with Crippen LogP contribution in [0.15, 0.2) is 48.5 Å². The molecule has 0 unspecified atom stereocenters. The molecule has 1 aliphatic carbocycles. The second kappa shape index (κ2) is 7.98. The van der Waals surface area contributed by atoms with Gasteiger partial charge in [0.25, 0.3) is 5.91 Å². The maximum atomic E-state index is 13.0. The summed E-state index contributed by atoms with van der Waals surface area (Å²) in [5, 5.41) is 6.51. The van der Waals surface area contributed by atoms with Crippen molar-refractivity contribution >= 4 is 17.4 Å². The molecule has 0 radical (unpaired) electrons. The van der Waals surface area contributed by atoms with Gasteiger partial charge in [0.2, 0.25) is 0 Å². The highest BCUT2D eigenvalue weighted by Gasteiger charge is 2.28. The van der Waals surface area contributed by atoms with Crippen LogP contribution in [0, 0.1) is 0 Å². The number of fused-ring (bicyclic) bond motifs is 1. The van der Waals surface area contributed by atoms with Gasteiger partial charge in [0.15, 0.2) is 5.78 Å². The number of carbonyl (C=O) groups excluding carboxylic acids is 2. The summed E-state index contributed by atoms with van der Waals surface area (Å²) in [5.74, 6) is 0.583. The summed E-state index contributed by atoms with van der Waals surface area (Å²) >= 11 is 0. The van der Waals surface area contributed by atoms with Crippen molar-refractivity contribution < 1.29 is 14.3 Å². The minimum atomic E-state index is -0.156. The molecule has 30 heavy (non-hydrogen) atoms. The number of benzene rings is 2. The van der Waals surface area contributed by atoms with Gasteiger partial charge >= 0.3 is 0 Å². The van der Waals surface area contributed by atoms with Crippen LogP contribution in [0.25, 0.3) is 5.70 Å². The Balaban J connectivity index is 1.57. The van der Waals surface area contributed by atoms with Gasteiger partial charge in [-0.3, -0.25) is 9.59 Å². The number of carbonyl (C=O) groups is 2. The van der Waals surface area contributed by atoms with E-state index in [0.717, 1.165) is 36.3 Å². The molecule has 156 valence electrons. The lowest BCUT2D eigenvalue weighted by Gasteiger charge is -2.35. The first-order valence-corrected chi connectivity index (χ1v) is 10.5. The largest absolute Gasteiger partial charge is 0.497 e. The topological polar surface area (TPSA) is 67.4 Å². The number of allylic oxidation sites excluding steroid dienone is 1. The molecular formula is C25H28N2O3. The van der Waals surface area contributed by atoms with Crippen molar-refractivity contribution in [1.29, 1.82) is 0 Å². The molecular weight excluding hydrogens is 376 g/mol. The Morgan fingerprint density at radius 3 is 2.43 bits per heavy atom. The molecule has 0 spiro atoms. The Morgan fingerprint density at radius 2 is 1.80 bits per heavy atom. The maximum absolute atomic E-state index is 13.0. The normalized spacial score (nSPS) is 18.7. The molecule has 0 bridgehead atoms. The fourth-order valence-corrected chi connectivity index (χ4v) is 3.98. The molecule has 2 aromatic carbocycles. The minimum Gasteiger partial charge on any atom is -0.497 e. The van der Waals surface area contributed by atoms with E-state index >= 15 is 0 Å². The average Bonchev–Trinajstić information content (AvgIpc) is 2.69. The van der Waals surface area contributed by atoms with E-state index in [2.05, 4.69) is 30.5 Å². The molecule has 0 aromatic heterocycles. The van der Waals surface area contributed by atoms with Crippen molar-refractivity contribution in [3.63, 3.8) is 0 Å². The van der Waals surface area contributed by atoms with Crippen LogP contribution in [0.2, 0.25) is 0 Å². The van der Waals surface area contributed by atoms with Crippen LogP contribution < -0.4 is 15.4 Å². The van der Waals surface area contributed by atoms with Crippen molar-refractivity contribution in [2.75, 3.05) is 7.11 Å². The Labute approximate surface area is 177 Å². The molecule has 2 N–H and O–H groups in total. The van der Waals surface area contributed by atoms with Gasteiger partial charge in [-0.25, -0.2) is 0 Å². The lowest BCUT2D eigenvalue weighted by molar-refractivity contribution is 0.0916. The van der Waals surface area contributed by atoms with Crippen LogP contribution in [-0.2, 0) is 6.42 Å². The van der Waals surface area contributed by atoms with Crippen molar-refractivity contribution in [3.8, 4) is 5.75 Å². The van der Waals surface area contributed by atoms with Crippen molar-refractivity contribution in [2.45, 2.75) is 51.1 Å². The maximum Gasteiger partial charge on any atom is 0.251 e. The van der Waals surface area contributed by atoms with E-state index in [9.17, 15) is 9.59 Å². The van der Waals surface area contributed by atoms with Crippen LogP contribution in [0.5, 0.6) is 5.75 Å². The number of nitrogens with one attached hydrogen (secondary N) is 2. The highest BCUT2D eigenvalue weighted by atomic mass is 16.5. The predicted molar refractivity (Wildman–Crippen MR) is 118 cm³/mol.